The van der Waals surface area contributed by atoms with Crippen molar-refractivity contribution in [2.24, 2.45) is 5.92 Å². The number of hydrogen-bond acceptors (Lipinski definition) is 3. The Balaban J connectivity index is 1.27. The molecule has 0 unspecified atom stereocenters. The van der Waals surface area contributed by atoms with Gasteiger partial charge in [0.15, 0.2) is 0 Å². The van der Waals surface area contributed by atoms with Crippen LogP contribution in [0.15, 0.2) is 65.6 Å². The second kappa shape index (κ2) is 7.31. The highest BCUT2D eigenvalue weighted by molar-refractivity contribution is 5.87. The SMILES string of the molecule is Cc1nc2ccccn2c(=O)c1CCN1C[C@H]2CCc3ccc4ccccc4c3[C@H]2C1. The number of likely N-dealkylation sites (tertiary alicyclic amines) is 1. The van der Waals surface area contributed by atoms with Crippen LogP contribution in [0.2, 0.25) is 0 Å². The van der Waals surface area contributed by atoms with E-state index in [0.717, 1.165) is 48.9 Å². The summed E-state index contributed by atoms with van der Waals surface area (Å²) in [6, 6.07) is 19.2. The zero-order valence-electron chi connectivity index (χ0n) is 17.9. The van der Waals surface area contributed by atoms with E-state index in [-0.39, 0.29) is 5.56 Å². The molecule has 2 atom stereocenters. The molecule has 1 aliphatic carbocycles. The molecule has 1 aliphatic heterocycles. The number of pyridine rings is 1. The molecule has 0 spiro atoms. The molecule has 1 fully saturated rings. The van der Waals surface area contributed by atoms with Crippen LogP contribution in [0.3, 0.4) is 0 Å². The van der Waals surface area contributed by atoms with Gasteiger partial charge in [0.25, 0.3) is 5.56 Å². The zero-order chi connectivity index (χ0) is 20.9. The molecule has 0 radical (unpaired) electrons. The third kappa shape index (κ3) is 3.09. The number of nitrogens with zero attached hydrogens (tertiary/aromatic N) is 3. The number of rotatable bonds is 3. The summed E-state index contributed by atoms with van der Waals surface area (Å²) in [6.45, 7) is 5.11. The maximum absolute atomic E-state index is 13.0. The Kier molecular flexibility index (Phi) is 4.43. The Bertz CT molecular complexity index is 1360. The molecule has 31 heavy (non-hydrogen) atoms. The second-order valence-electron chi connectivity index (χ2n) is 9.18. The predicted molar refractivity (Wildman–Crippen MR) is 125 cm³/mol. The van der Waals surface area contributed by atoms with Crippen LogP contribution in [0.5, 0.6) is 0 Å². The van der Waals surface area contributed by atoms with E-state index >= 15 is 0 Å². The van der Waals surface area contributed by atoms with Gasteiger partial charge in [0.1, 0.15) is 5.65 Å². The molecule has 2 aromatic carbocycles. The summed E-state index contributed by atoms with van der Waals surface area (Å²) in [5.74, 6) is 1.32. The summed E-state index contributed by atoms with van der Waals surface area (Å²) in [7, 11) is 0. The summed E-state index contributed by atoms with van der Waals surface area (Å²) < 4.78 is 1.68. The van der Waals surface area contributed by atoms with Gasteiger partial charge in [0, 0.05) is 43.0 Å². The number of aromatic nitrogens is 2. The molecule has 4 heteroatoms. The maximum atomic E-state index is 13.0. The molecule has 0 bridgehead atoms. The molecule has 3 heterocycles. The molecule has 0 N–H and O–H groups in total. The van der Waals surface area contributed by atoms with Crippen LogP contribution in [0.25, 0.3) is 16.4 Å². The standard InChI is InChI=1S/C27H27N3O/c1-18-22(27(31)30-14-5-4-8-25(30)28-18)13-15-29-16-21-12-11-20-10-9-19-6-2-3-7-23(19)26(20)24(21)17-29/h2-10,14,21,24H,11-13,15-17H2,1H3/t21-,24+/m1/s1. The quantitative estimate of drug-likeness (QED) is 0.505. The lowest BCUT2D eigenvalue weighted by atomic mass is 9.75. The minimum atomic E-state index is 0.0797. The van der Waals surface area contributed by atoms with Crippen molar-refractivity contribution >= 4 is 16.4 Å². The van der Waals surface area contributed by atoms with Gasteiger partial charge < -0.3 is 4.90 Å². The fraction of sp³-hybridized carbons (Fsp3) is 0.333. The van der Waals surface area contributed by atoms with E-state index in [0.29, 0.717) is 5.92 Å². The topological polar surface area (TPSA) is 37.6 Å². The minimum Gasteiger partial charge on any atom is -0.302 e. The number of hydrogen-bond donors (Lipinski definition) is 0. The first kappa shape index (κ1) is 18.8. The minimum absolute atomic E-state index is 0.0797. The molecule has 0 amide bonds. The summed E-state index contributed by atoms with van der Waals surface area (Å²) in [6.07, 6.45) is 5.04. The molecule has 6 rings (SSSR count). The van der Waals surface area contributed by atoms with Gasteiger partial charge in [-0.05, 0) is 66.1 Å². The molecule has 156 valence electrons. The van der Waals surface area contributed by atoms with Crippen LogP contribution in [-0.4, -0.2) is 33.9 Å². The summed E-state index contributed by atoms with van der Waals surface area (Å²) in [4.78, 5) is 20.3. The smallest absolute Gasteiger partial charge is 0.261 e. The third-order valence-electron chi connectivity index (χ3n) is 7.45. The molecular weight excluding hydrogens is 382 g/mol. The van der Waals surface area contributed by atoms with Crippen LogP contribution in [0.4, 0.5) is 0 Å². The van der Waals surface area contributed by atoms with Gasteiger partial charge in [-0.1, -0.05) is 42.5 Å². The van der Waals surface area contributed by atoms with Crippen LogP contribution >= 0.6 is 0 Å². The second-order valence-corrected chi connectivity index (χ2v) is 9.18. The van der Waals surface area contributed by atoms with Crippen molar-refractivity contribution in [1.82, 2.24) is 14.3 Å². The van der Waals surface area contributed by atoms with Crippen molar-refractivity contribution in [3.63, 3.8) is 0 Å². The highest BCUT2D eigenvalue weighted by Crippen LogP contribution is 2.44. The van der Waals surface area contributed by atoms with E-state index < -0.39 is 0 Å². The Morgan fingerprint density at radius 3 is 2.84 bits per heavy atom. The largest absolute Gasteiger partial charge is 0.302 e. The maximum Gasteiger partial charge on any atom is 0.261 e. The van der Waals surface area contributed by atoms with E-state index in [1.807, 2.05) is 31.3 Å². The predicted octanol–water partition coefficient (Wildman–Crippen LogP) is 4.36. The van der Waals surface area contributed by atoms with Gasteiger partial charge in [0.05, 0.1) is 0 Å². The fourth-order valence-corrected chi connectivity index (χ4v) is 5.89. The molecule has 2 aliphatic rings. The van der Waals surface area contributed by atoms with Crippen molar-refractivity contribution in [3.05, 3.63) is 93.5 Å². The molecule has 4 aromatic rings. The number of benzene rings is 2. The number of aryl methyl sites for hydroxylation is 2. The molecular formula is C27H27N3O. The normalized spacial score (nSPS) is 20.8. The zero-order valence-corrected chi connectivity index (χ0v) is 17.9. The molecule has 4 nitrogen and oxygen atoms in total. The summed E-state index contributed by atoms with van der Waals surface area (Å²) >= 11 is 0. The van der Waals surface area contributed by atoms with Gasteiger partial charge in [-0.25, -0.2) is 4.98 Å². The first-order valence-corrected chi connectivity index (χ1v) is 11.4. The Hall–Kier alpha value is -2.98. The van der Waals surface area contributed by atoms with Gasteiger partial charge >= 0.3 is 0 Å². The Morgan fingerprint density at radius 2 is 1.90 bits per heavy atom. The Morgan fingerprint density at radius 1 is 1.03 bits per heavy atom. The highest BCUT2D eigenvalue weighted by atomic mass is 16.1. The van der Waals surface area contributed by atoms with Crippen molar-refractivity contribution in [3.8, 4) is 0 Å². The van der Waals surface area contributed by atoms with E-state index in [2.05, 4.69) is 46.3 Å². The summed E-state index contributed by atoms with van der Waals surface area (Å²) in [5, 5.41) is 2.79. The van der Waals surface area contributed by atoms with Gasteiger partial charge in [-0.3, -0.25) is 9.20 Å². The van der Waals surface area contributed by atoms with Crippen LogP contribution in [-0.2, 0) is 12.8 Å². The van der Waals surface area contributed by atoms with Crippen molar-refractivity contribution in [1.29, 1.82) is 0 Å². The van der Waals surface area contributed by atoms with Gasteiger partial charge in [-0.2, -0.15) is 0 Å². The molecule has 1 saturated heterocycles. The fourth-order valence-electron chi connectivity index (χ4n) is 5.89. The number of fused-ring (bicyclic) bond motifs is 6. The lowest BCUT2D eigenvalue weighted by Gasteiger charge is -2.28. The lowest BCUT2D eigenvalue weighted by molar-refractivity contribution is 0.324. The van der Waals surface area contributed by atoms with E-state index in [9.17, 15) is 4.79 Å². The highest BCUT2D eigenvalue weighted by Gasteiger charge is 2.38. The molecule has 0 saturated carbocycles. The Labute approximate surface area is 182 Å². The van der Waals surface area contributed by atoms with Crippen LogP contribution in [0.1, 0.15) is 34.7 Å². The van der Waals surface area contributed by atoms with Crippen molar-refractivity contribution < 1.29 is 0 Å². The van der Waals surface area contributed by atoms with Gasteiger partial charge in [-0.15, -0.1) is 0 Å². The van der Waals surface area contributed by atoms with Gasteiger partial charge in [0.2, 0.25) is 0 Å². The van der Waals surface area contributed by atoms with Crippen LogP contribution in [0, 0.1) is 12.8 Å². The first-order chi connectivity index (χ1) is 15.2. The third-order valence-corrected chi connectivity index (χ3v) is 7.45. The lowest BCUT2D eigenvalue weighted by Crippen LogP contribution is -2.28. The van der Waals surface area contributed by atoms with E-state index in [4.69, 9.17) is 0 Å². The monoisotopic (exact) mass is 409 g/mol. The summed E-state index contributed by atoms with van der Waals surface area (Å²) in [5.41, 5.74) is 5.64. The average molecular weight is 410 g/mol. The average Bonchev–Trinajstić information content (AvgIpc) is 3.22. The molecule has 2 aromatic heterocycles. The van der Waals surface area contributed by atoms with E-state index in [1.165, 1.54) is 29.2 Å². The van der Waals surface area contributed by atoms with Crippen molar-refractivity contribution in [2.75, 3.05) is 19.6 Å². The first-order valence-electron chi connectivity index (χ1n) is 11.4. The van der Waals surface area contributed by atoms with Crippen LogP contribution < -0.4 is 5.56 Å². The van der Waals surface area contributed by atoms with Crippen molar-refractivity contribution in [2.45, 2.75) is 32.1 Å². The van der Waals surface area contributed by atoms with E-state index in [1.54, 1.807) is 9.96 Å².